The summed E-state index contributed by atoms with van der Waals surface area (Å²) in [5, 5.41) is 0.629. The highest BCUT2D eigenvalue weighted by Gasteiger charge is 2.26. The number of anilines is 1. The molecule has 0 saturated carbocycles. The van der Waals surface area contributed by atoms with Crippen LogP contribution in [0.15, 0.2) is 66.7 Å². The normalized spacial score (nSPS) is 14.1. The second kappa shape index (κ2) is 8.55. The standard InChI is InChI=1S/C24H19F2N3O2S/c25-16-14-19(26)22-21(15-16)32-24(27-22)29-12-10-28(11-13-29)23(30)18-8-4-5-9-20(18)31-17-6-2-1-3-7-17/h1-9,14-15H,10-13H2. The predicted molar refractivity (Wildman–Crippen MR) is 121 cm³/mol. The van der Waals surface area contributed by atoms with E-state index in [4.69, 9.17) is 4.74 Å². The number of hydrogen-bond donors (Lipinski definition) is 0. The number of amides is 1. The van der Waals surface area contributed by atoms with E-state index in [9.17, 15) is 13.6 Å². The molecule has 1 saturated heterocycles. The number of ether oxygens (including phenoxy) is 1. The maximum Gasteiger partial charge on any atom is 0.257 e. The molecule has 5 nitrogen and oxygen atoms in total. The Labute approximate surface area is 187 Å². The van der Waals surface area contributed by atoms with Gasteiger partial charge in [-0.3, -0.25) is 4.79 Å². The summed E-state index contributed by atoms with van der Waals surface area (Å²) in [6.07, 6.45) is 0. The van der Waals surface area contributed by atoms with E-state index >= 15 is 0 Å². The van der Waals surface area contributed by atoms with Crippen LogP contribution in [0.2, 0.25) is 0 Å². The van der Waals surface area contributed by atoms with Gasteiger partial charge in [-0.2, -0.15) is 0 Å². The van der Waals surface area contributed by atoms with Gasteiger partial charge in [-0.25, -0.2) is 13.8 Å². The quantitative estimate of drug-likeness (QED) is 0.421. The number of carbonyl (C=O) groups excluding carboxylic acids is 1. The molecule has 0 radical (unpaired) electrons. The van der Waals surface area contributed by atoms with Crippen molar-refractivity contribution < 1.29 is 18.3 Å². The van der Waals surface area contributed by atoms with Crippen LogP contribution >= 0.6 is 11.3 Å². The lowest BCUT2D eigenvalue weighted by atomic mass is 10.1. The highest BCUT2D eigenvalue weighted by atomic mass is 32.1. The number of rotatable bonds is 4. The number of thiazole rings is 1. The third-order valence-electron chi connectivity index (χ3n) is 5.33. The van der Waals surface area contributed by atoms with Crippen LogP contribution in [0.1, 0.15) is 10.4 Å². The van der Waals surface area contributed by atoms with E-state index < -0.39 is 11.6 Å². The summed E-state index contributed by atoms with van der Waals surface area (Å²) >= 11 is 1.25. The van der Waals surface area contributed by atoms with Crippen LogP contribution in [0.25, 0.3) is 10.2 Å². The summed E-state index contributed by atoms with van der Waals surface area (Å²) in [4.78, 5) is 21.3. The van der Waals surface area contributed by atoms with Gasteiger partial charge in [0.25, 0.3) is 5.91 Å². The Morgan fingerprint density at radius 3 is 2.44 bits per heavy atom. The van der Waals surface area contributed by atoms with Crippen LogP contribution in [0.5, 0.6) is 11.5 Å². The van der Waals surface area contributed by atoms with Crippen molar-refractivity contribution in [1.82, 2.24) is 9.88 Å². The van der Waals surface area contributed by atoms with E-state index in [1.165, 1.54) is 17.4 Å². The lowest BCUT2D eigenvalue weighted by Crippen LogP contribution is -2.48. The fraction of sp³-hybridized carbons (Fsp3) is 0.167. The molecule has 0 atom stereocenters. The summed E-state index contributed by atoms with van der Waals surface area (Å²) < 4.78 is 33.9. The van der Waals surface area contributed by atoms with E-state index in [2.05, 4.69) is 4.98 Å². The Morgan fingerprint density at radius 2 is 1.66 bits per heavy atom. The molecule has 162 valence electrons. The van der Waals surface area contributed by atoms with Crippen molar-refractivity contribution in [3.63, 3.8) is 0 Å². The van der Waals surface area contributed by atoms with Crippen molar-refractivity contribution in [2.45, 2.75) is 0 Å². The summed E-state index contributed by atoms with van der Waals surface area (Å²) in [5.41, 5.74) is 0.680. The van der Waals surface area contributed by atoms with E-state index in [0.717, 1.165) is 6.07 Å². The van der Waals surface area contributed by atoms with Gasteiger partial charge in [-0.1, -0.05) is 41.7 Å². The van der Waals surface area contributed by atoms with Crippen LogP contribution < -0.4 is 9.64 Å². The number of fused-ring (bicyclic) bond motifs is 1. The van der Waals surface area contributed by atoms with E-state index in [-0.39, 0.29) is 11.4 Å². The Balaban J connectivity index is 1.30. The van der Waals surface area contributed by atoms with Crippen LogP contribution in [0.4, 0.5) is 13.9 Å². The molecule has 1 aromatic heterocycles. The number of para-hydroxylation sites is 2. The van der Waals surface area contributed by atoms with Crippen LogP contribution in [-0.4, -0.2) is 42.0 Å². The molecule has 32 heavy (non-hydrogen) atoms. The van der Waals surface area contributed by atoms with Gasteiger partial charge >= 0.3 is 0 Å². The first-order valence-corrected chi connectivity index (χ1v) is 11.0. The first kappa shape index (κ1) is 20.4. The van der Waals surface area contributed by atoms with Gasteiger partial charge in [0.05, 0.1) is 10.3 Å². The van der Waals surface area contributed by atoms with Crippen LogP contribution in [0, 0.1) is 11.6 Å². The van der Waals surface area contributed by atoms with Crippen molar-refractivity contribution >= 4 is 32.6 Å². The molecule has 1 aliphatic heterocycles. The summed E-state index contributed by atoms with van der Waals surface area (Å²) in [7, 11) is 0. The average molecular weight is 451 g/mol. The van der Waals surface area contributed by atoms with Gasteiger partial charge in [-0.15, -0.1) is 0 Å². The van der Waals surface area contributed by atoms with Gasteiger partial charge in [0, 0.05) is 32.2 Å². The Kier molecular flexibility index (Phi) is 5.45. The largest absolute Gasteiger partial charge is 0.457 e. The first-order chi connectivity index (χ1) is 15.6. The Bertz CT molecular complexity index is 1270. The molecule has 0 unspecified atom stereocenters. The maximum absolute atomic E-state index is 14.0. The number of carbonyl (C=O) groups is 1. The minimum absolute atomic E-state index is 0.103. The van der Waals surface area contributed by atoms with Gasteiger partial charge < -0.3 is 14.5 Å². The monoisotopic (exact) mass is 451 g/mol. The summed E-state index contributed by atoms with van der Waals surface area (Å²) in [5.74, 6) is -0.205. The third-order valence-corrected chi connectivity index (χ3v) is 6.39. The van der Waals surface area contributed by atoms with Gasteiger partial charge in [0.15, 0.2) is 10.9 Å². The second-order valence-corrected chi connectivity index (χ2v) is 8.43. The predicted octanol–water partition coefficient (Wildman–Crippen LogP) is 5.33. The summed E-state index contributed by atoms with van der Waals surface area (Å²) in [6, 6.07) is 18.7. The fourth-order valence-corrected chi connectivity index (χ4v) is 4.76. The molecule has 0 N–H and O–H groups in total. The molecule has 8 heteroatoms. The molecule has 3 aromatic carbocycles. The Hall–Kier alpha value is -3.52. The van der Waals surface area contributed by atoms with Crippen molar-refractivity contribution in [1.29, 1.82) is 0 Å². The molecule has 5 rings (SSSR count). The zero-order chi connectivity index (χ0) is 22.1. The summed E-state index contributed by atoms with van der Waals surface area (Å²) in [6.45, 7) is 2.09. The highest BCUT2D eigenvalue weighted by Crippen LogP contribution is 2.32. The van der Waals surface area contributed by atoms with Crippen molar-refractivity contribution in [2.24, 2.45) is 0 Å². The van der Waals surface area contributed by atoms with Gasteiger partial charge in [-0.05, 0) is 30.3 Å². The minimum Gasteiger partial charge on any atom is -0.457 e. The molecule has 0 spiro atoms. The lowest BCUT2D eigenvalue weighted by molar-refractivity contribution is 0.0744. The number of piperazine rings is 1. The van der Waals surface area contributed by atoms with E-state index in [0.29, 0.717) is 53.1 Å². The molecule has 2 heterocycles. The van der Waals surface area contributed by atoms with Gasteiger partial charge in [0.2, 0.25) is 0 Å². The molecule has 1 aliphatic rings. The molecule has 4 aromatic rings. The van der Waals surface area contributed by atoms with Crippen molar-refractivity contribution in [3.8, 4) is 11.5 Å². The number of halogens is 2. The highest BCUT2D eigenvalue weighted by molar-refractivity contribution is 7.22. The van der Waals surface area contributed by atoms with Crippen molar-refractivity contribution in [3.05, 3.63) is 83.9 Å². The smallest absolute Gasteiger partial charge is 0.257 e. The third kappa shape index (κ3) is 4.01. The van der Waals surface area contributed by atoms with Gasteiger partial charge in [0.1, 0.15) is 22.8 Å². The molecule has 0 aliphatic carbocycles. The number of hydrogen-bond acceptors (Lipinski definition) is 5. The van der Waals surface area contributed by atoms with Crippen LogP contribution in [0.3, 0.4) is 0 Å². The molecule has 1 fully saturated rings. The topological polar surface area (TPSA) is 45.7 Å². The zero-order valence-corrected chi connectivity index (χ0v) is 17.8. The molecule has 0 bridgehead atoms. The SMILES string of the molecule is O=C(c1ccccc1Oc1ccccc1)N1CCN(c2nc3c(F)cc(F)cc3s2)CC1. The van der Waals surface area contributed by atoms with Crippen LogP contribution in [-0.2, 0) is 0 Å². The first-order valence-electron chi connectivity index (χ1n) is 10.2. The fourth-order valence-electron chi connectivity index (χ4n) is 3.70. The lowest BCUT2D eigenvalue weighted by Gasteiger charge is -2.34. The number of benzene rings is 3. The minimum atomic E-state index is -0.661. The zero-order valence-electron chi connectivity index (χ0n) is 17.0. The number of aromatic nitrogens is 1. The Morgan fingerprint density at radius 1 is 0.938 bits per heavy atom. The van der Waals surface area contributed by atoms with E-state index in [1.807, 2.05) is 47.4 Å². The average Bonchev–Trinajstić information content (AvgIpc) is 3.24. The second-order valence-electron chi connectivity index (χ2n) is 7.42. The number of nitrogens with zero attached hydrogens (tertiary/aromatic N) is 3. The maximum atomic E-state index is 14.0. The van der Waals surface area contributed by atoms with Crippen molar-refractivity contribution in [2.75, 3.05) is 31.1 Å². The molecular weight excluding hydrogens is 432 g/mol. The molecular formula is C24H19F2N3O2S. The van der Waals surface area contributed by atoms with E-state index in [1.54, 1.807) is 17.0 Å². The molecule has 1 amide bonds.